The van der Waals surface area contributed by atoms with Gasteiger partial charge in [0.2, 0.25) is 0 Å². The molecule has 17 heavy (non-hydrogen) atoms. The number of nitrogens with one attached hydrogen (secondary N) is 1. The van der Waals surface area contributed by atoms with Gasteiger partial charge in [-0.25, -0.2) is 0 Å². The van der Waals surface area contributed by atoms with Crippen molar-refractivity contribution in [1.29, 1.82) is 0 Å². The Bertz CT molecular complexity index is 414. The summed E-state index contributed by atoms with van der Waals surface area (Å²) in [6.45, 7) is 5.63. The molecule has 1 amide bonds. The van der Waals surface area contributed by atoms with Gasteiger partial charge in [-0.1, -0.05) is 19.1 Å². The molecule has 94 valence electrons. The van der Waals surface area contributed by atoms with Crippen molar-refractivity contribution in [3.63, 3.8) is 0 Å². The second kappa shape index (κ2) is 5.65. The van der Waals surface area contributed by atoms with E-state index in [1.165, 1.54) is 0 Å². The highest BCUT2D eigenvalue weighted by atomic mass is 79.9. The molecule has 0 bridgehead atoms. The molecule has 0 saturated carbocycles. The highest BCUT2D eigenvalue weighted by Gasteiger charge is 2.24. The lowest BCUT2D eigenvalue weighted by Crippen LogP contribution is -2.48. The normalized spacial score (nSPS) is 14.2. The molecule has 1 aromatic rings. The van der Waals surface area contributed by atoms with E-state index in [1.54, 1.807) is 6.07 Å². The summed E-state index contributed by atoms with van der Waals surface area (Å²) in [6, 6.07) is 5.54. The number of rotatable bonds is 4. The zero-order chi connectivity index (χ0) is 13.1. The van der Waals surface area contributed by atoms with Crippen LogP contribution in [0.15, 0.2) is 22.7 Å². The molecule has 0 aliphatic carbocycles. The Morgan fingerprint density at radius 2 is 2.18 bits per heavy atom. The van der Waals surface area contributed by atoms with E-state index in [-0.39, 0.29) is 12.5 Å². The van der Waals surface area contributed by atoms with Crippen LogP contribution in [0.2, 0.25) is 0 Å². The third kappa shape index (κ3) is 3.30. The first-order chi connectivity index (χ1) is 7.93. The average Bonchev–Trinajstić information content (AvgIpc) is 2.32. The summed E-state index contributed by atoms with van der Waals surface area (Å²) in [5, 5.41) is 12.1. The largest absolute Gasteiger partial charge is 0.394 e. The van der Waals surface area contributed by atoms with Crippen molar-refractivity contribution < 1.29 is 9.90 Å². The van der Waals surface area contributed by atoms with Crippen LogP contribution in [-0.2, 0) is 0 Å². The summed E-state index contributed by atoms with van der Waals surface area (Å²) < 4.78 is 0.800. The molecule has 0 fully saturated rings. The molecule has 0 aromatic heterocycles. The number of aliphatic hydroxyl groups is 1. The Balaban J connectivity index is 2.94. The minimum atomic E-state index is -0.569. The molecule has 1 unspecified atom stereocenters. The van der Waals surface area contributed by atoms with Gasteiger partial charge in [0.25, 0.3) is 5.91 Å². The highest BCUT2D eigenvalue weighted by molar-refractivity contribution is 9.10. The van der Waals surface area contributed by atoms with Gasteiger partial charge in [-0.3, -0.25) is 4.79 Å². The average molecular weight is 300 g/mol. The van der Waals surface area contributed by atoms with Gasteiger partial charge in [0.15, 0.2) is 0 Å². The van der Waals surface area contributed by atoms with Gasteiger partial charge < -0.3 is 10.4 Å². The molecule has 1 aromatic carbocycles. The topological polar surface area (TPSA) is 49.3 Å². The van der Waals surface area contributed by atoms with Crippen LogP contribution in [-0.4, -0.2) is 23.2 Å². The standard InChI is InChI=1S/C13H18BrNO2/c1-4-13(3,8-16)15-12(17)10-7-5-6-9(2)11(10)14/h5-7,16H,4,8H2,1-3H3,(H,15,17). The molecule has 1 atom stereocenters. The van der Waals surface area contributed by atoms with Crippen molar-refractivity contribution in [1.82, 2.24) is 5.32 Å². The maximum Gasteiger partial charge on any atom is 0.252 e. The lowest BCUT2D eigenvalue weighted by Gasteiger charge is -2.27. The molecule has 4 heteroatoms. The minimum Gasteiger partial charge on any atom is -0.394 e. The van der Waals surface area contributed by atoms with Gasteiger partial charge in [-0.2, -0.15) is 0 Å². The van der Waals surface area contributed by atoms with Crippen molar-refractivity contribution in [3.05, 3.63) is 33.8 Å². The number of carbonyl (C=O) groups excluding carboxylic acids is 1. The van der Waals surface area contributed by atoms with Crippen LogP contribution in [0, 0.1) is 6.92 Å². The first-order valence-corrected chi connectivity index (χ1v) is 6.41. The SMILES string of the molecule is CCC(C)(CO)NC(=O)c1cccc(C)c1Br. The predicted octanol–water partition coefficient (Wildman–Crippen LogP) is 2.65. The number of aliphatic hydroxyl groups excluding tert-OH is 1. The van der Waals surface area contributed by atoms with E-state index in [9.17, 15) is 9.90 Å². The smallest absolute Gasteiger partial charge is 0.252 e. The first kappa shape index (κ1) is 14.2. The molecule has 0 aliphatic heterocycles. The third-order valence-corrected chi connectivity index (χ3v) is 4.03. The van der Waals surface area contributed by atoms with Crippen molar-refractivity contribution in [2.24, 2.45) is 0 Å². The third-order valence-electron chi connectivity index (χ3n) is 2.98. The van der Waals surface area contributed by atoms with Crippen LogP contribution in [0.25, 0.3) is 0 Å². The van der Waals surface area contributed by atoms with Crippen LogP contribution < -0.4 is 5.32 Å². The van der Waals surface area contributed by atoms with Crippen molar-refractivity contribution >= 4 is 21.8 Å². The maximum absolute atomic E-state index is 12.1. The van der Waals surface area contributed by atoms with Gasteiger partial charge in [0.05, 0.1) is 17.7 Å². The fourth-order valence-corrected chi connectivity index (χ4v) is 1.85. The summed E-state index contributed by atoms with van der Waals surface area (Å²) in [6.07, 6.45) is 0.679. The Labute approximate surface area is 110 Å². The Morgan fingerprint density at radius 1 is 1.53 bits per heavy atom. The number of halogens is 1. The second-order valence-corrected chi connectivity index (χ2v) is 5.26. The quantitative estimate of drug-likeness (QED) is 0.898. The van der Waals surface area contributed by atoms with Gasteiger partial charge in [0.1, 0.15) is 0 Å². The fourth-order valence-electron chi connectivity index (χ4n) is 1.40. The fraction of sp³-hybridized carbons (Fsp3) is 0.462. The Kier molecular flexibility index (Phi) is 4.71. The Hall–Kier alpha value is -0.870. The van der Waals surface area contributed by atoms with E-state index in [0.29, 0.717) is 12.0 Å². The molecule has 1 rings (SSSR count). The molecule has 2 N–H and O–H groups in total. The minimum absolute atomic E-state index is 0.0708. The van der Waals surface area contributed by atoms with E-state index in [2.05, 4.69) is 21.2 Å². The van der Waals surface area contributed by atoms with Crippen LogP contribution in [0.5, 0.6) is 0 Å². The molecule has 0 radical (unpaired) electrons. The molecular weight excluding hydrogens is 282 g/mol. The number of hydrogen-bond donors (Lipinski definition) is 2. The number of carbonyl (C=O) groups is 1. The van der Waals surface area contributed by atoms with E-state index < -0.39 is 5.54 Å². The summed E-state index contributed by atoms with van der Waals surface area (Å²) in [4.78, 5) is 12.1. The van der Waals surface area contributed by atoms with Crippen molar-refractivity contribution in [2.75, 3.05) is 6.61 Å². The van der Waals surface area contributed by atoms with Gasteiger partial charge in [-0.05, 0) is 47.8 Å². The molecule has 0 saturated heterocycles. The lowest BCUT2D eigenvalue weighted by atomic mass is 9.99. The van der Waals surface area contributed by atoms with Crippen LogP contribution in [0.1, 0.15) is 36.2 Å². The van der Waals surface area contributed by atoms with E-state index >= 15 is 0 Å². The summed E-state index contributed by atoms with van der Waals surface area (Å²) in [5.41, 5.74) is 1.04. The van der Waals surface area contributed by atoms with E-state index in [1.807, 2.05) is 32.9 Å². The predicted molar refractivity (Wildman–Crippen MR) is 72.1 cm³/mol. The van der Waals surface area contributed by atoms with E-state index in [4.69, 9.17) is 0 Å². The molecular formula is C13H18BrNO2. The van der Waals surface area contributed by atoms with Gasteiger partial charge in [-0.15, -0.1) is 0 Å². The van der Waals surface area contributed by atoms with Crippen molar-refractivity contribution in [2.45, 2.75) is 32.7 Å². The molecule has 0 heterocycles. The van der Waals surface area contributed by atoms with Gasteiger partial charge >= 0.3 is 0 Å². The Morgan fingerprint density at radius 3 is 2.71 bits per heavy atom. The number of hydrogen-bond acceptors (Lipinski definition) is 2. The van der Waals surface area contributed by atoms with Crippen molar-refractivity contribution in [3.8, 4) is 0 Å². The highest BCUT2D eigenvalue weighted by Crippen LogP contribution is 2.21. The monoisotopic (exact) mass is 299 g/mol. The number of aryl methyl sites for hydroxylation is 1. The van der Waals surface area contributed by atoms with Crippen LogP contribution >= 0.6 is 15.9 Å². The summed E-state index contributed by atoms with van der Waals surface area (Å²) >= 11 is 3.41. The number of benzene rings is 1. The summed E-state index contributed by atoms with van der Waals surface area (Å²) in [7, 11) is 0. The first-order valence-electron chi connectivity index (χ1n) is 5.62. The second-order valence-electron chi connectivity index (χ2n) is 4.46. The molecule has 3 nitrogen and oxygen atoms in total. The summed E-state index contributed by atoms with van der Waals surface area (Å²) in [5.74, 6) is -0.168. The molecule has 0 aliphatic rings. The van der Waals surface area contributed by atoms with E-state index in [0.717, 1.165) is 10.0 Å². The maximum atomic E-state index is 12.1. The van der Waals surface area contributed by atoms with Crippen LogP contribution in [0.4, 0.5) is 0 Å². The lowest BCUT2D eigenvalue weighted by molar-refractivity contribution is 0.0846. The van der Waals surface area contributed by atoms with Gasteiger partial charge in [0, 0.05) is 4.47 Å². The van der Waals surface area contributed by atoms with Crippen LogP contribution in [0.3, 0.4) is 0 Å². The zero-order valence-electron chi connectivity index (χ0n) is 10.4. The zero-order valence-corrected chi connectivity index (χ0v) is 12.0. The molecule has 0 spiro atoms. The number of amides is 1.